The third kappa shape index (κ3) is 3.77. The number of likely N-dealkylation sites (N-methyl/N-ethyl adjacent to an activating group) is 1. The molecule has 1 atom stereocenters. The van der Waals surface area contributed by atoms with Gasteiger partial charge in [0, 0.05) is 58.4 Å². The van der Waals surface area contributed by atoms with Crippen molar-refractivity contribution in [2.75, 3.05) is 52.9 Å². The van der Waals surface area contributed by atoms with Crippen molar-refractivity contribution < 1.29 is 14.4 Å². The van der Waals surface area contributed by atoms with E-state index in [-0.39, 0.29) is 17.6 Å². The lowest BCUT2D eigenvalue weighted by Gasteiger charge is -2.40. The van der Waals surface area contributed by atoms with Crippen LogP contribution in [-0.2, 0) is 4.79 Å². The van der Waals surface area contributed by atoms with Gasteiger partial charge in [0.05, 0.1) is 11.3 Å². The van der Waals surface area contributed by atoms with Gasteiger partial charge in [0.2, 0.25) is 5.91 Å². The number of aromatic nitrogens is 1. The third-order valence-electron chi connectivity index (χ3n) is 5.61. The molecule has 1 aromatic heterocycles. The quantitative estimate of drug-likeness (QED) is 0.728. The Morgan fingerprint density at radius 2 is 1.70 bits per heavy atom. The molecule has 0 unspecified atom stereocenters. The van der Waals surface area contributed by atoms with Crippen LogP contribution in [0.5, 0.6) is 0 Å². The van der Waals surface area contributed by atoms with Crippen molar-refractivity contribution in [3.63, 3.8) is 0 Å². The molecular weight excluding hydrogens is 346 g/mol. The van der Waals surface area contributed by atoms with Crippen LogP contribution in [0.2, 0.25) is 0 Å². The van der Waals surface area contributed by atoms with Crippen LogP contribution in [-0.4, -0.2) is 96.2 Å². The standard InChI is InChI=1S/C19H29N5O3/c1-12-16(13(2)21-17(12)14(3)25)19(27)24-6-5-20-11-15(24)18(26)23-9-7-22(4)8-10-23/h15,20-21H,5-11H2,1-4H3/t15-/m0/s1. The summed E-state index contributed by atoms with van der Waals surface area (Å²) in [5.41, 5.74) is 2.31. The van der Waals surface area contributed by atoms with Gasteiger partial charge in [-0.3, -0.25) is 14.4 Å². The number of carbonyl (C=O) groups is 3. The van der Waals surface area contributed by atoms with E-state index in [1.165, 1.54) is 6.92 Å². The predicted octanol–water partition coefficient (Wildman–Crippen LogP) is 0.0221. The first-order valence-corrected chi connectivity index (χ1v) is 9.50. The van der Waals surface area contributed by atoms with Gasteiger partial charge in [0.1, 0.15) is 6.04 Å². The number of H-pyrrole nitrogens is 1. The first-order valence-electron chi connectivity index (χ1n) is 9.50. The molecule has 0 aliphatic carbocycles. The van der Waals surface area contributed by atoms with Crippen molar-refractivity contribution in [1.82, 2.24) is 25.0 Å². The molecule has 8 heteroatoms. The summed E-state index contributed by atoms with van der Waals surface area (Å²) in [6, 6.07) is -0.510. The van der Waals surface area contributed by atoms with Gasteiger partial charge in [-0.1, -0.05) is 0 Å². The summed E-state index contributed by atoms with van der Waals surface area (Å²) in [6.45, 7) is 9.71. The summed E-state index contributed by atoms with van der Waals surface area (Å²) in [6.07, 6.45) is 0. The molecular formula is C19H29N5O3. The minimum Gasteiger partial charge on any atom is -0.355 e. The summed E-state index contributed by atoms with van der Waals surface area (Å²) >= 11 is 0. The maximum atomic E-state index is 13.3. The first kappa shape index (κ1) is 19.6. The minimum atomic E-state index is -0.510. The van der Waals surface area contributed by atoms with Crippen molar-refractivity contribution in [2.45, 2.75) is 26.8 Å². The zero-order valence-electron chi connectivity index (χ0n) is 16.6. The van der Waals surface area contributed by atoms with Crippen molar-refractivity contribution in [3.8, 4) is 0 Å². The number of hydrogen-bond acceptors (Lipinski definition) is 5. The third-order valence-corrected chi connectivity index (χ3v) is 5.61. The number of nitrogens with one attached hydrogen (secondary N) is 2. The SMILES string of the molecule is CC(=O)c1[nH]c(C)c(C(=O)N2CCNC[C@H]2C(=O)N2CCN(C)CC2)c1C. The number of aromatic amines is 1. The Bertz CT molecular complexity index is 749. The molecule has 1 aromatic rings. The monoisotopic (exact) mass is 375 g/mol. The van der Waals surface area contributed by atoms with E-state index in [9.17, 15) is 14.4 Å². The molecule has 0 spiro atoms. The zero-order chi connectivity index (χ0) is 19.7. The lowest BCUT2D eigenvalue weighted by molar-refractivity contribution is -0.138. The van der Waals surface area contributed by atoms with E-state index in [0.29, 0.717) is 55.2 Å². The molecule has 3 rings (SSSR count). The maximum absolute atomic E-state index is 13.3. The highest BCUT2D eigenvalue weighted by atomic mass is 16.2. The number of nitrogens with zero attached hydrogens (tertiary/aromatic N) is 3. The van der Waals surface area contributed by atoms with Gasteiger partial charge < -0.3 is 25.0 Å². The highest BCUT2D eigenvalue weighted by Crippen LogP contribution is 2.22. The molecule has 27 heavy (non-hydrogen) atoms. The fraction of sp³-hybridized carbons (Fsp3) is 0.632. The van der Waals surface area contributed by atoms with Crippen molar-refractivity contribution in [3.05, 3.63) is 22.5 Å². The van der Waals surface area contributed by atoms with Crippen molar-refractivity contribution in [2.24, 2.45) is 0 Å². The summed E-state index contributed by atoms with van der Waals surface area (Å²) in [4.78, 5) is 47.0. The molecule has 0 aromatic carbocycles. The summed E-state index contributed by atoms with van der Waals surface area (Å²) in [5, 5.41) is 3.24. The molecule has 2 amide bonds. The van der Waals surface area contributed by atoms with Gasteiger partial charge in [-0.15, -0.1) is 0 Å². The Morgan fingerprint density at radius 1 is 1.04 bits per heavy atom. The maximum Gasteiger partial charge on any atom is 0.256 e. The van der Waals surface area contributed by atoms with E-state index >= 15 is 0 Å². The number of aryl methyl sites for hydroxylation is 1. The number of amides is 2. The molecule has 0 bridgehead atoms. The molecule has 2 N–H and O–H groups in total. The Hall–Kier alpha value is -2.19. The van der Waals surface area contributed by atoms with E-state index in [4.69, 9.17) is 0 Å². The number of piperazine rings is 2. The summed E-state index contributed by atoms with van der Waals surface area (Å²) < 4.78 is 0. The lowest BCUT2D eigenvalue weighted by atomic mass is 10.0. The number of Topliss-reactive ketones (excluding diaryl/α,β-unsaturated/α-hetero) is 1. The van der Waals surface area contributed by atoms with Crippen LogP contribution in [0.4, 0.5) is 0 Å². The van der Waals surface area contributed by atoms with Crippen LogP contribution in [0.15, 0.2) is 0 Å². The number of rotatable bonds is 3. The fourth-order valence-electron chi connectivity index (χ4n) is 3.97. The van der Waals surface area contributed by atoms with Crippen LogP contribution in [0.3, 0.4) is 0 Å². The Labute approximate surface area is 159 Å². The molecule has 2 aliphatic heterocycles. The molecule has 148 valence electrons. The van der Waals surface area contributed by atoms with Crippen molar-refractivity contribution >= 4 is 17.6 Å². The highest BCUT2D eigenvalue weighted by Gasteiger charge is 2.37. The molecule has 2 fully saturated rings. The van der Waals surface area contributed by atoms with Gasteiger partial charge in [-0.25, -0.2) is 0 Å². The fourth-order valence-corrected chi connectivity index (χ4v) is 3.97. The zero-order valence-corrected chi connectivity index (χ0v) is 16.6. The van der Waals surface area contributed by atoms with Crippen LogP contribution >= 0.6 is 0 Å². The molecule has 2 aliphatic rings. The second-order valence-electron chi connectivity index (χ2n) is 7.53. The van der Waals surface area contributed by atoms with Crippen LogP contribution < -0.4 is 5.32 Å². The van der Waals surface area contributed by atoms with Gasteiger partial charge >= 0.3 is 0 Å². The number of carbonyl (C=O) groups excluding carboxylic acids is 3. The summed E-state index contributed by atoms with van der Waals surface area (Å²) in [5.74, 6) is -0.274. The Morgan fingerprint density at radius 3 is 2.30 bits per heavy atom. The lowest BCUT2D eigenvalue weighted by Crippen LogP contribution is -2.62. The Balaban J connectivity index is 1.84. The van der Waals surface area contributed by atoms with Gasteiger partial charge in [0.25, 0.3) is 5.91 Å². The van der Waals surface area contributed by atoms with E-state index in [1.807, 2.05) is 11.9 Å². The average molecular weight is 375 g/mol. The summed E-state index contributed by atoms with van der Waals surface area (Å²) in [7, 11) is 2.05. The normalized spacial score (nSPS) is 21.4. The van der Waals surface area contributed by atoms with E-state index in [2.05, 4.69) is 15.2 Å². The second kappa shape index (κ2) is 7.82. The molecule has 2 saturated heterocycles. The second-order valence-corrected chi connectivity index (χ2v) is 7.53. The van der Waals surface area contributed by atoms with Crippen LogP contribution in [0.25, 0.3) is 0 Å². The molecule has 3 heterocycles. The van der Waals surface area contributed by atoms with Gasteiger partial charge in [-0.05, 0) is 26.5 Å². The predicted molar refractivity (Wildman–Crippen MR) is 102 cm³/mol. The smallest absolute Gasteiger partial charge is 0.256 e. The minimum absolute atomic E-state index is 0.00119. The largest absolute Gasteiger partial charge is 0.355 e. The Kier molecular flexibility index (Phi) is 5.67. The molecule has 0 saturated carbocycles. The highest BCUT2D eigenvalue weighted by molar-refractivity contribution is 6.04. The van der Waals surface area contributed by atoms with E-state index < -0.39 is 6.04 Å². The average Bonchev–Trinajstić information content (AvgIpc) is 2.96. The van der Waals surface area contributed by atoms with E-state index in [1.54, 1.807) is 18.7 Å². The van der Waals surface area contributed by atoms with Crippen LogP contribution in [0, 0.1) is 13.8 Å². The van der Waals surface area contributed by atoms with Crippen molar-refractivity contribution in [1.29, 1.82) is 0 Å². The number of hydrogen-bond donors (Lipinski definition) is 2. The van der Waals surface area contributed by atoms with Gasteiger partial charge in [0.15, 0.2) is 5.78 Å². The number of ketones is 1. The van der Waals surface area contributed by atoms with Crippen LogP contribution in [0.1, 0.15) is 39.0 Å². The van der Waals surface area contributed by atoms with Gasteiger partial charge in [-0.2, -0.15) is 0 Å². The molecule has 0 radical (unpaired) electrons. The topological polar surface area (TPSA) is 88.8 Å². The first-order chi connectivity index (χ1) is 12.8. The van der Waals surface area contributed by atoms with E-state index in [0.717, 1.165) is 13.1 Å². The molecule has 8 nitrogen and oxygen atoms in total.